The Hall–Kier alpha value is -1.00. The van der Waals surface area contributed by atoms with E-state index in [-0.39, 0.29) is 6.42 Å². The third kappa shape index (κ3) is 3.05. The molecule has 0 spiro atoms. The lowest BCUT2D eigenvalue weighted by atomic mass is 10.0. The minimum atomic E-state index is -2.44. The Kier molecular flexibility index (Phi) is 3.98. The van der Waals surface area contributed by atoms with Crippen molar-refractivity contribution in [2.75, 3.05) is 0 Å². The van der Waals surface area contributed by atoms with Crippen molar-refractivity contribution in [3.8, 4) is 0 Å². The highest BCUT2D eigenvalue weighted by Gasteiger charge is 2.18. The van der Waals surface area contributed by atoms with Crippen molar-refractivity contribution in [2.45, 2.75) is 25.8 Å². The van der Waals surface area contributed by atoms with E-state index in [0.29, 0.717) is 0 Å². The number of hydrogen-bond acceptors (Lipinski definition) is 2. The van der Waals surface area contributed by atoms with Crippen LogP contribution < -0.4 is 11.3 Å². The summed E-state index contributed by atoms with van der Waals surface area (Å²) >= 11 is 0. The molecule has 0 saturated carbocycles. The van der Waals surface area contributed by atoms with Crippen LogP contribution in [0.3, 0.4) is 0 Å². The van der Waals surface area contributed by atoms with Crippen LogP contribution in [0.25, 0.3) is 0 Å². The Morgan fingerprint density at radius 3 is 2.64 bits per heavy atom. The average Bonchev–Trinajstić information content (AvgIpc) is 2.14. The highest BCUT2D eigenvalue weighted by atomic mass is 19.3. The van der Waals surface area contributed by atoms with E-state index in [0.717, 1.165) is 11.1 Å². The van der Waals surface area contributed by atoms with Gasteiger partial charge in [0.15, 0.2) is 0 Å². The Labute approximate surface area is 82.1 Å². The molecule has 1 atom stereocenters. The fraction of sp³-hybridized carbons (Fsp3) is 0.400. The Morgan fingerprint density at radius 1 is 1.43 bits per heavy atom. The predicted octanol–water partition coefficient (Wildman–Crippen LogP) is 1.63. The van der Waals surface area contributed by atoms with Crippen molar-refractivity contribution in [1.82, 2.24) is 5.43 Å². The molecular weight excluding hydrogens is 186 g/mol. The lowest BCUT2D eigenvalue weighted by molar-refractivity contribution is 0.0984. The number of nitrogens with two attached hydrogens (primary N) is 1. The summed E-state index contributed by atoms with van der Waals surface area (Å²) in [6, 6.07) is 6.50. The first-order valence-corrected chi connectivity index (χ1v) is 4.43. The highest BCUT2D eigenvalue weighted by Crippen LogP contribution is 2.10. The summed E-state index contributed by atoms with van der Waals surface area (Å²) in [5.74, 6) is 5.03. The van der Waals surface area contributed by atoms with Gasteiger partial charge in [0.2, 0.25) is 0 Å². The predicted molar refractivity (Wildman–Crippen MR) is 52.0 cm³/mol. The molecule has 0 aliphatic rings. The fourth-order valence-electron chi connectivity index (χ4n) is 1.31. The van der Waals surface area contributed by atoms with Crippen LogP contribution in [-0.4, -0.2) is 12.5 Å². The van der Waals surface area contributed by atoms with Gasteiger partial charge in [0.25, 0.3) is 6.43 Å². The lowest BCUT2D eigenvalue weighted by Crippen LogP contribution is -2.42. The molecule has 0 aliphatic heterocycles. The van der Waals surface area contributed by atoms with Crippen molar-refractivity contribution >= 4 is 0 Å². The summed E-state index contributed by atoms with van der Waals surface area (Å²) in [4.78, 5) is 0. The first-order valence-electron chi connectivity index (χ1n) is 4.43. The van der Waals surface area contributed by atoms with E-state index in [9.17, 15) is 8.78 Å². The van der Waals surface area contributed by atoms with E-state index >= 15 is 0 Å². The maximum Gasteiger partial charge on any atom is 0.255 e. The van der Waals surface area contributed by atoms with Gasteiger partial charge >= 0.3 is 0 Å². The minimum Gasteiger partial charge on any atom is -0.271 e. The number of alkyl halides is 2. The van der Waals surface area contributed by atoms with Crippen LogP contribution in [-0.2, 0) is 6.42 Å². The molecule has 1 aromatic carbocycles. The van der Waals surface area contributed by atoms with Crippen LogP contribution >= 0.6 is 0 Å². The summed E-state index contributed by atoms with van der Waals surface area (Å²) in [6.07, 6.45) is -2.20. The molecule has 4 heteroatoms. The van der Waals surface area contributed by atoms with Gasteiger partial charge in [-0.2, -0.15) is 0 Å². The zero-order valence-electron chi connectivity index (χ0n) is 8.00. The van der Waals surface area contributed by atoms with Gasteiger partial charge in [-0.1, -0.05) is 29.8 Å². The molecule has 0 radical (unpaired) electrons. The van der Waals surface area contributed by atoms with E-state index in [1.54, 1.807) is 0 Å². The number of aryl methyl sites for hydroxylation is 1. The van der Waals surface area contributed by atoms with Gasteiger partial charge in [-0.25, -0.2) is 8.78 Å². The Bertz CT molecular complexity index is 289. The van der Waals surface area contributed by atoms with Crippen molar-refractivity contribution < 1.29 is 8.78 Å². The summed E-state index contributed by atoms with van der Waals surface area (Å²) < 4.78 is 24.7. The minimum absolute atomic E-state index is 0.246. The molecule has 0 bridgehead atoms. The van der Waals surface area contributed by atoms with E-state index in [1.165, 1.54) is 0 Å². The van der Waals surface area contributed by atoms with Crippen LogP contribution in [0.5, 0.6) is 0 Å². The molecule has 78 valence electrons. The molecule has 2 nitrogen and oxygen atoms in total. The van der Waals surface area contributed by atoms with Crippen molar-refractivity contribution in [2.24, 2.45) is 5.84 Å². The van der Waals surface area contributed by atoms with E-state index in [4.69, 9.17) is 5.84 Å². The molecule has 1 rings (SSSR count). The maximum absolute atomic E-state index is 12.3. The second-order valence-electron chi connectivity index (χ2n) is 3.30. The van der Waals surface area contributed by atoms with Gasteiger partial charge in [0.05, 0.1) is 6.04 Å². The first-order chi connectivity index (χ1) is 6.63. The molecule has 3 N–H and O–H groups in total. The highest BCUT2D eigenvalue weighted by molar-refractivity contribution is 5.23. The van der Waals surface area contributed by atoms with Gasteiger partial charge in [-0.15, -0.1) is 0 Å². The molecule has 0 fully saturated rings. The average molecular weight is 200 g/mol. The molecule has 1 aromatic rings. The van der Waals surface area contributed by atoms with Gasteiger partial charge in [-0.3, -0.25) is 11.3 Å². The van der Waals surface area contributed by atoms with E-state index in [1.807, 2.05) is 31.2 Å². The first kappa shape index (κ1) is 11.1. The van der Waals surface area contributed by atoms with Crippen molar-refractivity contribution in [3.63, 3.8) is 0 Å². The smallest absolute Gasteiger partial charge is 0.255 e. The second kappa shape index (κ2) is 5.02. The number of halogens is 2. The van der Waals surface area contributed by atoms with Crippen LogP contribution in [0.2, 0.25) is 0 Å². The zero-order chi connectivity index (χ0) is 10.6. The molecule has 14 heavy (non-hydrogen) atoms. The summed E-state index contributed by atoms with van der Waals surface area (Å²) in [5, 5.41) is 0. The monoisotopic (exact) mass is 200 g/mol. The molecule has 0 aliphatic carbocycles. The number of hydrazine groups is 1. The standard InChI is InChI=1S/C10H14F2N2/c1-7-3-2-4-8(5-7)6-9(14-13)10(11)12/h2-5,9-10,14H,6,13H2,1H3. The molecule has 0 saturated heterocycles. The number of nitrogens with one attached hydrogen (secondary N) is 1. The van der Waals surface area contributed by atoms with Crippen LogP contribution in [0.15, 0.2) is 24.3 Å². The quantitative estimate of drug-likeness (QED) is 0.572. The van der Waals surface area contributed by atoms with Gasteiger partial charge in [0.1, 0.15) is 0 Å². The summed E-state index contributed by atoms with van der Waals surface area (Å²) in [5.41, 5.74) is 4.05. The Balaban J connectivity index is 2.67. The number of benzene rings is 1. The third-order valence-corrected chi connectivity index (χ3v) is 2.06. The van der Waals surface area contributed by atoms with Gasteiger partial charge in [-0.05, 0) is 18.9 Å². The number of hydrogen-bond donors (Lipinski definition) is 2. The molecular formula is C10H14F2N2. The molecule has 1 unspecified atom stereocenters. The van der Waals surface area contributed by atoms with E-state index in [2.05, 4.69) is 5.43 Å². The Morgan fingerprint density at radius 2 is 2.14 bits per heavy atom. The van der Waals surface area contributed by atoms with Crippen LogP contribution in [0, 0.1) is 6.92 Å². The van der Waals surface area contributed by atoms with Crippen LogP contribution in [0.1, 0.15) is 11.1 Å². The topological polar surface area (TPSA) is 38.0 Å². The van der Waals surface area contributed by atoms with Crippen molar-refractivity contribution in [1.29, 1.82) is 0 Å². The summed E-state index contributed by atoms with van der Waals surface area (Å²) in [7, 11) is 0. The molecule has 0 amide bonds. The third-order valence-electron chi connectivity index (χ3n) is 2.06. The second-order valence-corrected chi connectivity index (χ2v) is 3.30. The van der Waals surface area contributed by atoms with Gasteiger partial charge < -0.3 is 0 Å². The van der Waals surface area contributed by atoms with Crippen LogP contribution in [0.4, 0.5) is 8.78 Å². The fourth-order valence-corrected chi connectivity index (χ4v) is 1.31. The molecule has 0 aromatic heterocycles. The SMILES string of the molecule is Cc1cccc(CC(NN)C(F)F)c1. The maximum atomic E-state index is 12.3. The number of rotatable bonds is 4. The zero-order valence-corrected chi connectivity index (χ0v) is 8.00. The lowest BCUT2D eigenvalue weighted by Gasteiger charge is -2.14. The van der Waals surface area contributed by atoms with Crippen molar-refractivity contribution in [3.05, 3.63) is 35.4 Å². The molecule has 0 heterocycles. The largest absolute Gasteiger partial charge is 0.271 e. The summed E-state index contributed by atoms with van der Waals surface area (Å²) in [6.45, 7) is 1.93. The normalized spacial score (nSPS) is 13.2. The van der Waals surface area contributed by atoms with E-state index < -0.39 is 12.5 Å². The van der Waals surface area contributed by atoms with Gasteiger partial charge in [0, 0.05) is 0 Å².